The molecule has 1 aromatic carbocycles. The van der Waals surface area contributed by atoms with Crippen LogP contribution in [0.5, 0.6) is 0 Å². The molecule has 0 saturated heterocycles. The topological polar surface area (TPSA) is 80.9 Å². The number of nitrogens with one attached hydrogen (secondary N) is 1. The molecule has 1 aromatic heterocycles. The molecule has 2 aromatic rings. The maximum absolute atomic E-state index is 13.2. The molecule has 0 saturated carbocycles. The number of nitrogens with zero attached hydrogens (tertiary/aromatic N) is 2. The summed E-state index contributed by atoms with van der Waals surface area (Å²) in [4.78, 5) is 19.5. The lowest BCUT2D eigenvalue weighted by Crippen LogP contribution is -2.14. The fourth-order valence-electron chi connectivity index (χ4n) is 1.37. The Hall–Kier alpha value is -1.44. The zero-order valence-corrected chi connectivity index (χ0v) is 12.7. The van der Waals surface area contributed by atoms with Crippen LogP contribution >= 0.6 is 39.1 Å². The third kappa shape index (κ3) is 3.00. The highest BCUT2D eigenvalue weighted by molar-refractivity contribution is 9.10. The molecular weight excluding hydrogens is 374 g/mol. The van der Waals surface area contributed by atoms with E-state index in [0.29, 0.717) is 0 Å². The summed E-state index contributed by atoms with van der Waals surface area (Å²) < 4.78 is 13.5. The summed E-state index contributed by atoms with van der Waals surface area (Å²) in [7, 11) is 0. The first-order valence-corrected chi connectivity index (χ1v) is 6.67. The summed E-state index contributed by atoms with van der Waals surface area (Å²) in [5, 5.41) is 2.43. The second-order valence-corrected chi connectivity index (χ2v) is 5.21. The van der Waals surface area contributed by atoms with Crippen molar-refractivity contribution in [1.82, 2.24) is 9.97 Å². The van der Waals surface area contributed by atoms with Crippen LogP contribution in [-0.4, -0.2) is 15.9 Å². The average molecular weight is 380 g/mol. The molecule has 0 bridgehead atoms. The van der Waals surface area contributed by atoms with E-state index < -0.39 is 11.7 Å². The number of aromatic nitrogens is 2. The molecule has 5 nitrogen and oxygen atoms in total. The predicted molar refractivity (Wildman–Crippen MR) is 78.5 cm³/mol. The second kappa shape index (κ2) is 5.90. The van der Waals surface area contributed by atoms with Crippen molar-refractivity contribution >= 4 is 56.4 Å². The number of rotatable bonds is 2. The van der Waals surface area contributed by atoms with Crippen LogP contribution in [0.2, 0.25) is 10.3 Å². The molecule has 1 amide bonds. The lowest BCUT2D eigenvalue weighted by Gasteiger charge is -2.09. The Bertz CT molecular complexity index is 678. The summed E-state index contributed by atoms with van der Waals surface area (Å²) in [6.45, 7) is 0. The van der Waals surface area contributed by atoms with Crippen molar-refractivity contribution < 1.29 is 9.18 Å². The minimum Gasteiger partial charge on any atom is -0.396 e. The number of benzene rings is 1. The number of nitrogens with two attached hydrogens (primary N) is 1. The third-order valence-corrected chi connectivity index (χ3v) is 3.55. The molecule has 0 aliphatic rings. The molecule has 0 fully saturated rings. The van der Waals surface area contributed by atoms with Crippen molar-refractivity contribution in [2.24, 2.45) is 0 Å². The highest BCUT2D eigenvalue weighted by atomic mass is 79.9. The Balaban J connectivity index is 2.36. The molecule has 1 heterocycles. The third-order valence-electron chi connectivity index (χ3n) is 2.32. The van der Waals surface area contributed by atoms with Gasteiger partial charge in [-0.25, -0.2) is 14.4 Å². The molecule has 20 heavy (non-hydrogen) atoms. The van der Waals surface area contributed by atoms with E-state index in [1.807, 2.05) is 0 Å². The highest BCUT2D eigenvalue weighted by Crippen LogP contribution is 2.28. The lowest BCUT2D eigenvalue weighted by molar-refractivity contribution is 0.102. The first-order valence-electron chi connectivity index (χ1n) is 5.12. The number of hydrogen-bond acceptors (Lipinski definition) is 4. The van der Waals surface area contributed by atoms with Gasteiger partial charge >= 0.3 is 0 Å². The van der Waals surface area contributed by atoms with Gasteiger partial charge < -0.3 is 11.1 Å². The molecular formula is C11H6BrCl2FN4O. The number of hydrogen-bond donors (Lipinski definition) is 2. The smallest absolute Gasteiger partial charge is 0.257 e. The molecule has 0 aliphatic carbocycles. The number of amides is 1. The summed E-state index contributed by atoms with van der Waals surface area (Å²) in [6.07, 6.45) is 1.16. The first kappa shape index (κ1) is 15.0. The van der Waals surface area contributed by atoms with Crippen LogP contribution in [0.15, 0.2) is 22.9 Å². The molecule has 9 heteroatoms. The fourth-order valence-corrected chi connectivity index (χ4v) is 2.27. The van der Waals surface area contributed by atoms with Crippen LogP contribution in [-0.2, 0) is 0 Å². The van der Waals surface area contributed by atoms with Gasteiger partial charge in [0.15, 0.2) is 10.3 Å². The maximum atomic E-state index is 13.2. The monoisotopic (exact) mass is 378 g/mol. The second-order valence-electron chi connectivity index (χ2n) is 3.64. The number of carbonyl (C=O) groups excluding carboxylic acids is 1. The van der Waals surface area contributed by atoms with Gasteiger partial charge in [0.2, 0.25) is 0 Å². The van der Waals surface area contributed by atoms with E-state index >= 15 is 0 Å². The SMILES string of the molecule is Nc1cc(C(=O)Nc2c(Cl)ncnc2Cl)c(Br)cc1F. The van der Waals surface area contributed by atoms with Crippen molar-refractivity contribution in [2.75, 3.05) is 11.1 Å². The average Bonchev–Trinajstić information content (AvgIpc) is 2.38. The Morgan fingerprint density at radius 1 is 1.30 bits per heavy atom. The number of halogens is 4. The quantitative estimate of drug-likeness (QED) is 0.617. The van der Waals surface area contributed by atoms with Gasteiger partial charge in [-0.3, -0.25) is 4.79 Å². The Labute approximate surface area is 131 Å². The summed E-state index contributed by atoms with van der Waals surface area (Å²) in [5.41, 5.74) is 5.47. The van der Waals surface area contributed by atoms with Gasteiger partial charge in [-0.1, -0.05) is 23.2 Å². The van der Waals surface area contributed by atoms with Crippen LogP contribution in [0.3, 0.4) is 0 Å². The molecule has 0 radical (unpaired) electrons. The molecule has 3 N–H and O–H groups in total. The van der Waals surface area contributed by atoms with Crippen molar-refractivity contribution in [2.45, 2.75) is 0 Å². The molecule has 0 spiro atoms. The van der Waals surface area contributed by atoms with E-state index in [1.54, 1.807) is 0 Å². The standard InChI is InChI=1S/C11H6BrCl2FN4O/c12-5-2-6(15)7(16)1-4(5)11(20)19-8-9(13)17-3-18-10(8)14/h1-3H,16H2,(H,19,20). The largest absolute Gasteiger partial charge is 0.396 e. The highest BCUT2D eigenvalue weighted by Gasteiger charge is 2.17. The predicted octanol–water partition coefficient (Wildman–Crippen LogP) is 3.52. The van der Waals surface area contributed by atoms with Gasteiger partial charge in [0.25, 0.3) is 5.91 Å². The van der Waals surface area contributed by atoms with Gasteiger partial charge in [-0.05, 0) is 28.1 Å². The van der Waals surface area contributed by atoms with E-state index in [9.17, 15) is 9.18 Å². The van der Waals surface area contributed by atoms with Crippen LogP contribution in [0.1, 0.15) is 10.4 Å². The molecule has 0 unspecified atom stereocenters. The van der Waals surface area contributed by atoms with Crippen LogP contribution in [0.25, 0.3) is 0 Å². The van der Waals surface area contributed by atoms with E-state index in [1.165, 1.54) is 6.07 Å². The van der Waals surface area contributed by atoms with E-state index in [-0.39, 0.29) is 31.7 Å². The van der Waals surface area contributed by atoms with E-state index in [2.05, 4.69) is 31.2 Å². The maximum Gasteiger partial charge on any atom is 0.257 e. The lowest BCUT2D eigenvalue weighted by atomic mass is 10.2. The Morgan fingerprint density at radius 2 is 1.90 bits per heavy atom. The number of carbonyl (C=O) groups is 1. The minimum absolute atomic E-state index is 0.00967. The Kier molecular flexibility index (Phi) is 4.42. The molecule has 0 atom stereocenters. The van der Waals surface area contributed by atoms with Crippen molar-refractivity contribution in [1.29, 1.82) is 0 Å². The van der Waals surface area contributed by atoms with Crippen LogP contribution in [0.4, 0.5) is 15.8 Å². The number of nitrogen functional groups attached to an aromatic ring is 1. The van der Waals surface area contributed by atoms with Gasteiger partial charge in [0.05, 0.1) is 11.3 Å². The van der Waals surface area contributed by atoms with Gasteiger partial charge in [-0.15, -0.1) is 0 Å². The molecule has 2 rings (SSSR count). The van der Waals surface area contributed by atoms with Crippen LogP contribution < -0.4 is 11.1 Å². The first-order chi connectivity index (χ1) is 9.40. The fraction of sp³-hybridized carbons (Fsp3) is 0. The number of anilines is 2. The Morgan fingerprint density at radius 3 is 2.50 bits per heavy atom. The molecule has 104 valence electrons. The van der Waals surface area contributed by atoms with Crippen molar-refractivity contribution in [3.63, 3.8) is 0 Å². The summed E-state index contributed by atoms with van der Waals surface area (Å²) >= 11 is 14.7. The van der Waals surface area contributed by atoms with Gasteiger partial charge in [-0.2, -0.15) is 0 Å². The van der Waals surface area contributed by atoms with E-state index in [4.69, 9.17) is 28.9 Å². The van der Waals surface area contributed by atoms with E-state index in [0.717, 1.165) is 12.4 Å². The van der Waals surface area contributed by atoms with Gasteiger partial charge in [0.1, 0.15) is 17.8 Å². The normalized spacial score (nSPS) is 10.4. The van der Waals surface area contributed by atoms with Crippen molar-refractivity contribution in [3.05, 3.63) is 44.6 Å². The summed E-state index contributed by atoms with van der Waals surface area (Å²) in [6, 6.07) is 2.29. The van der Waals surface area contributed by atoms with Crippen LogP contribution in [0, 0.1) is 5.82 Å². The summed E-state index contributed by atoms with van der Waals surface area (Å²) in [5.74, 6) is -1.21. The van der Waals surface area contributed by atoms with Crippen molar-refractivity contribution in [3.8, 4) is 0 Å². The van der Waals surface area contributed by atoms with Gasteiger partial charge in [0, 0.05) is 4.47 Å². The molecule has 0 aliphatic heterocycles. The minimum atomic E-state index is -0.632. The zero-order chi connectivity index (χ0) is 14.9. The zero-order valence-electron chi connectivity index (χ0n) is 9.62.